The van der Waals surface area contributed by atoms with Crippen molar-refractivity contribution >= 4 is 0 Å². The van der Waals surface area contributed by atoms with Crippen LogP contribution in [0.3, 0.4) is 0 Å². The first-order valence-corrected chi connectivity index (χ1v) is 9.33. The molecule has 2 saturated carbocycles. The summed E-state index contributed by atoms with van der Waals surface area (Å²) in [6, 6.07) is 1.50. The maximum Gasteiger partial charge on any atom is 0.199 e. The van der Waals surface area contributed by atoms with Gasteiger partial charge in [0.15, 0.2) is 5.83 Å². The predicted octanol–water partition coefficient (Wildman–Crippen LogP) is 6.50. The molecule has 126 valence electrons. The molecule has 0 aromatic rings. The van der Waals surface area contributed by atoms with E-state index in [4.69, 9.17) is 5.26 Å². The zero-order chi connectivity index (χ0) is 16.5. The summed E-state index contributed by atoms with van der Waals surface area (Å²) < 4.78 is 12.7. The third kappa shape index (κ3) is 6.34. The Bertz CT molecular complexity index is 467. The first-order chi connectivity index (χ1) is 11.2. The fourth-order valence-electron chi connectivity index (χ4n) is 3.97. The normalized spacial score (nSPS) is 33.2. The Labute approximate surface area is 141 Å². The Hall–Kier alpha value is -1.36. The van der Waals surface area contributed by atoms with Gasteiger partial charge in [0.2, 0.25) is 0 Å². The van der Waals surface area contributed by atoms with Gasteiger partial charge in [-0.05, 0) is 81.1 Å². The van der Waals surface area contributed by atoms with Crippen LogP contribution < -0.4 is 0 Å². The summed E-state index contributed by atoms with van der Waals surface area (Å²) in [5, 5.41) is 8.37. The standard InChI is InChI=1S/C21H30FN/c1-2-17-6-8-19(9-7-17)14-15-20-12-10-18(11-13-20)4-3-5-21(22)16-23/h3-5,14-15,17-20H,2,6-13H2,1H3. The van der Waals surface area contributed by atoms with Crippen LogP contribution in [0.2, 0.25) is 0 Å². The average Bonchev–Trinajstić information content (AvgIpc) is 2.61. The molecule has 2 aliphatic rings. The number of nitriles is 1. The van der Waals surface area contributed by atoms with Gasteiger partial charge in [-0.1, -0.05) is 37.6 Å². The maximum absolute atomic E-state index is 12.7. The zero-order valence-electron chi connectivity index (χ0n) is 14.4. The van der Waals surface area contributed by atoms with Crippen LogP contribution in [-0.2, 0) is 0 Å². The summed E-state index contributed by atoms with van der Waals surface area (Å²) in [4.78, 5) is 0. The van der Waals surface area contributed by atoms with E-state index in [9.17, 15) is 4.39 Å². The van der Waals surface area contributed by atoms with Gasteiger partial charge in [0.05, 0.1) is 0 Å². The highest BCUT2D eigenvalue weighted by molar-refractivity contribution is 5.19. The van der Waals surface area contributed by atoms with E-state index in [0.29, 0.717) is 5.92 Å². The largest absolute Gasteiger partial charge is 0.199 e. The Morgan fingerprint density at radius 3 is 1.87 bits per heavy atom. The quantitative estimate of drug-likeness (QED) is 0.323. The fourth-order valence-corrected chi connectivity index (χ4v) is 3.97. The van der Waals surface area contributed by atoms with Gasteiger partial charge >= 0.3 is 0 Å². The number of nitrogens with zero attached hydrogens (tertiary/aromatic N) is 1. The van der Waals surface area contributed by atoms with Gasteiger partial charge in [0.25, 0.3) is 0 Å². The van der Waals surface area contributed by atoms with E-state index < -0.39 is 5.83 Å². The van der Waals surface area contributed by atoms with E-state index in [2.05, 4.69) is 25.2 Å². The predicted molar refractivity (Wildman–Crippen MR) is 94.3 cm³/mol. The van der Waals surface area contributed by atoms with Crippen molar-refractivity contribution in [3.05, 3.63) is 36.2 Å². The first-order valence-electron chi connectivity index (χ1n) is 9.33. The van der Waals surface area contributed by atoms with E-state index in [-0.39, 0.29) is 0 Å². The van der Waals surface area contributed by atoms with Crippen LogP contribution in [0.15, 0.2) is 36.2 Å². The molecule has 0 aromatic carbocycles. The second kappa shape index (κ2) is 9.71. The van der Waals surface area contributed by atoms with Crippen molar-refractivity contribution in [1.82, 2.24) is 0 Å². The zero-order valence-corrected chi connectivity index (χ0v) is 14.4. The molecule has 0 aromatic heterocycles. The summed E-state index contributed by atoms with van der Waals surface area (Å²) in [7, 11) is 0. The summed E-state index contributed by atoms with van der Waals surface area (Å²) in [6.07, 6.45) is 21.8. The second-order valence-corrected chi connectivity index (χ2v) is 7.26. The van der Waals surface area contributed by atoms with Gasteiger partial charge < -0.3 is 0 Å². The van der Waals surface area contributed by atoms with Crippen molar-refractivity contribution in [2.75, 3.05) is 0 Å². The topological polar surface area (TPSA) is 23.8 Å². The highest BCUT2D eigenvalue weighted by atomic mass is 19.1. The van der Waals surface area contributed by atoms with E-state index in [1.165, 1.54) is 69.9 Å². The van der Waals surface area contributed by atoms with Crippen molar-refractivity contribution in [2.45, 2.75) is 64.7 Å². The molecule has 0 N–H and O–H groups in total. The van der Waals surface area contributed by atoms with Crippen molar-refractivity contribution in [3.63, 3.8) is 0 Å². The Balaban J connectivity index is 1.69. The Morgan fingerprint density at radius 1 is 0.913 bits per heavy atom. The molecule has 0 unspecified atom stereocenters. The molecular formula is C21H30FN. The molecule has 0 saturated heterocycles. The third-order valence-electron chi connectivity index (χ3n) is 5.67. The van der Waals surface area contributed by atoms with Crippen LogP contribution in [0.5, 0.6) is 0 Å². The molecule has 0 radical (unpaired) electrons. The molecule has 2 rings (SSSR count). The Kier molecular flexibility index (Phi) is 7.59. The van der Waals surface area contributed by atoms with Crippen LogP contribution in [0.25, 0.3) is 0 Å². The lowest BCUT2D eigenvalue weighted by Gasteiger charge is -2.27. The minimum atomic E-state index is -0.712. The molecule has 2 heteroatoms. The van der Waals surface area contributed by atoms with Crippen molar-refractivity contribution in [2.24, 2.45) is 23.7 Å². The van der Waals surface area contributed by atoms with Crippen molar-refractivity contribution in [3.8, 4) is 6.07 Å². The average molecular weight is 315 g/mol. The summed E-state index contributed by atoms with van der Waals surface area (Å²) in [5.41, 5.74) is 0. The lowest BCUT2D eigenvalue weighted by molar-refractivity contribution is 0.301. The molecule has 2 fully saturated rings. The summed E-state index contributed by atoms with van der Waals surface area (Å²) in [6.45, 7) is 2.32. The van der Waals surface area contributed by atoms with E-state index in [1.54, 1.807) is 6.08 Å². The molecule has 0 spiro atoms. The smallest absolute Gasteiger partial charge is 0.195 e. The lowest BCUT2D eigenvalue weighted by Crippen LogP contribution is -2.14. The summed E-state index contributed by atoms with van der Waals surface area (Å²) >= 11 is 0. The molecule has 0 heterocycles. The fraction of sp³-hybridized carbons (Fsp3) is 0.667. The monoisotopic (exact) mass is 315 g/mol. The van der Waals surface area contributed by atoms with Gasteiger partial charge in [0.1, 0.15) is 6.07 Å². The van der Waals surface area contributed by atoms with Gasteiger partial charge in [-0.25, -0.2) is 0 Å². The Morgan fingerprint density at radius 2 is 1.39 bits per heavy atom. The van der Waals surface area contributed by atoms with E-state index in [1.807, 2.05) is 0 Å². The maximum atomic E-state index is 12.7. The molecule has 23 heavy (non-hydrogen) atoms. The van der Waals surface area contributed by atoms with Crippen LogP contribution in [0, 0.1) is 35.0 Å². The number of hydrogen-bond donors (Lipinski definition) is 0. The van der Waals surface area contributed by atoms with Crippen LogP contribution >= 0.6 is 0 Å². The van der Waals surface area contributed by atoms with E-state index >= 15 is 0 Å². The van der Waals surface area contributed by atoms with Crippen molar-refractivity contribution in [1.29, 1.82) is 5.26 Å². The van der Waals surface area contributed by atoms with Crippen molar-refractivity contribution < 1.29 is 4.39 Å². The molecule has 0 amide bonds. The van der Waals surface area contributed by atoms with Crippen LogP contribution in [0.1, 0.15) is 64.7 Å². The highest BCUT2D eigenvalue weighted by Gasteiger charge is 2.20. The van der Waals surface area contributed by atoms with Gasteiger partial charge in [-0.15, -0.1) is 0 Å². The second-order valence-electron chi connectivity index (χ2n) is 7.26. The molecular weight excluding hydrogens is 285 g/mol. The highest BCUT2D eigenvalue weighted by Crippen LogP contribution is 2.34. The van der Waals surface area contributed by atoms with Gasteiger partial charge in [-0.2, -0.15) is 9.65 Å². The molecule has 0 aliphatic heterocycles. The van der Waals surface area contributed by atoms with Crippen LogP contribution in [-0.4, -0.2) is 0 Å². The van der Waals surface area contributed by atoms with E-state index in [0.717, 1.165) is 17.8 Å². The molecule has 0 bridgehead atoms. The minimum absolute atomic E-state index is 0.544. The molecule has 0 atom stereocenters. The molecule has 2 aliphatic carbocycles. The first kappa shape index (κ1) is 18.0. The lowest BCUT2D eigenvalue weighted by atomic mass is 9.78. The van der Waals surface area contributed by atoms with Crippen LogP contribution in [0.4, 0.5) is 4.39 Å². The van der Waals surface area contributed by atoms with Gasteiger partial charge in [-0.3, -0.25) is 0 Å². The van der Waals surface area contributed by atoms with Gasteiger partial charge in [0, 0.05) is 0 Å². The number of hydrogen-bond acceptors (Lipinski definition) is 1. The SMILES string of the molecule is CCC1CCC(C=CC2CCC(C=CC=C(F)C#N)CC2)CC1. The minimum Gasteiger partial charge on any atom is -0.195 e. The summed E-state index contributed by atoms with van der Waals surface area (Å²) in [5.74, 6) is 2.35. The molecule has 1 nitrogen and oxygen atoms in total. The number of halogens is 1. The number of rotatable bonds is 5. The number of allylic oxidation sites excluding steroid dienone is 6. The third-order valence-corrected chi connectivity index (χ3v) is 5.67.